The lowest BCUT2D eigenvalue weighted by Gasteiger charge is -2.44. The standard InChI is InChI=1S/C15H32N2/c1-7-11-12-13-14(16-8-2)15(5,6)17(9-3)10-4/h7,14,16H,1,8-13H2,2-6H3. The van der Waals surface area contributed by atoms with E-state index >= 15 is 0 Å². The number of hydrogen-bond acceptors (Lipinski definition) is 2. The molecule has 1 atom stereocenters. The molecule has 0 aliphatic carbocycles. The minimum Gasteiger partial charge on any atom is -0.312 e. The summed E-state index contributed by atoms with van der Waals surface area (Å²) in [6.45, 7) is 18.5. The Balaban J connectivity index is 4.56. The fourth-order valence-electron chi connectivity index (χ4n) is 2.68. The molecule has 0 saturated heterocycles. The summed E-state index contributed by atoms with van der Waals surface area (Å²) < 4.78 is 0. The van der Waals surface area contributed by atoms with E-state index in [-0.39, 0.29) is 5.54 Å². The number of hydrogen-bond donors (Lipinski definition) is 1. The first-order chi connectivity index (χ1) is 8.04. The fourth-order valence-corrected chi connectivity index (χ4v) is 2.68. The predicted molar refractivity (Wildman–Crippen MR) is 78.5 cm³/mol. The fraction of sp³-hybridized carbons (Fsp3) is 0.867. The van der Waals surface area contributed by atoms with E-state index in [0.29, 0.717) is 6.04 Å². The number of nitrogens with one attached hydrogen (secondary N) is 1. The number of rotatable bonds is 10. The molecule has 0 aromatic heterocycles. The van der Waals surface area contributed by atoms with E-state index in [1.54, 1.807) is 0 Å². The Morgan fingerprint density at radius 1 is 1.24 bits per heavy atom. The Morgan fingerprint density at radius 3 is 2.24 bits per heavy atom. The molecular weight excluding hydrogens is 208 g/mol. The number of allylic oxidation sites excluding steroid dienone is 1. The zero-order valence-corrected chi connectivity index (χ0v) is 12.6. The van der Waals surface area contributed by atoms with Gasteiger partial charge in [0.25, 0.3) is 0 Å². The zero-order chi connectivity index (χ0) is 13.3. The predicted octanol–water partition coefficient (Wildman–Crippen LogP) is 3.44. The molecule has 2 heteroatoms. The maximum Gasteiger partial charge on any atom is 0.0306 e. The summed E-state index contributed by atoms with van der Waals surface area (Å²) in [7, 11) is 0. The second kappa shape index (κ2) is 8.71. The van der Waals surface area contributed by atoms with Crippen LogP contribution in [0.1, 0.15) is 53.9 Å². The maximum atomic E-state index is 3.80. The van der Waals surface area contributed by atoms with Crippen molar-refractivity contribution in [3.63, 3.8) is 0 Å². The van der Waals surface area contributed by atoms with Gasteiger partial charge in [0.1, 0.15) is 0 Å². The minimum atomic E-state index is 0.223. The van der Waals surface area contributed by atoms with Crippen LogP contribution >= 0.6 is 0 Å². The first-order valence-corrected chi connectivity index (χ1v) is 7.13. The van der Waals surface area contributed by atoms with Crippen LogP contribution in [-0.4, -0.2) is 36.1 Å². The van der Waals surface area contributed by atoms with Crippen molar-refractivity contribution in [3.8, 4) is 0 Å². The number of unbranched alkanes of at least 4 members (excludes halogenated alkanes) is 1. The molecule has 0 aromatic rings. The normalized spacial score (nSPS) is 14.0. The topological polar surface area (TPSA) is 15.3 Å². The van der Waals surface area contributed by atoms with Crippen LogP contribution in [0.2, 0.25) is 0 Å². The number of nitrogens with zero attached hydrogens (tertiary/aromatic N) is 1. The van der Waals surface area contributed by atoms with E-state index in [1.165, 1.54) is 12.8 Å². The van der Waals surface area contributed by atoms with Gasteiger partial charge in [0, 0.05) is 11.6 Å². The van der Waals surface area contributed by atoms with Crippen molar-refractivity contribution >= 4 is 0 Å². The van der Waals surface area contributed by atoms with Gasteiger partial charge in [-0.05, 0) is 52.7 Å². The van der Waals surface area contributed by atoms with Crippen molar-refractivity contribution in [2.75, 3.05) is 19.6 Å². The van der Waals surface area contributed by atoms with Gasteiger partial charge < -0.3 is 5.32 Å². The summed E-state index contributed by atoms with van der Waals surface area (Å²) in [5.74, 6) is 0. The molecule has 0 spiro atoms. The lowest BCUT2D eigenvalue weighted by Crippen LogP contribution is -2.57. The second-order valence-electron chi connectivity index (χ2n) is 5.16. The third kappa shape index (κ3) is 5.22. The molecule has 0 aromatic carbocycles. The summed E-state index contributed by atoms with van der Waals surface area (Å²) in [4.78, 5) is 2.55. The van der Waals surface area contributed by atoms with Crippen molar-refractivity contribution in [2.24, 2.45) is 0 Å². The van der Waals surface area contributed by atoms with Crippen molar-refractivity contribution in [1.82, 2.24) is 10.2 Å². The zero-order valence-electron chi connectivity index (χ0n) is 12.6. The molecule has 0 fully saturated rings. The molecule has 0 amide bonds. The third-order valence-electron chi connectivity index (χ3n) is 3.78. The summed E-state index contributed by atoms with van der Waals surface area (Å²) in [6.07, 6.45) is 5.60. The number of likely N-dealkylation sites (N-methyl/N-ethyl adjacent to an activating group) is 2. The molecule has 0 aliphatic heterocycles. The SMILES string of the molecule is C=CCCCC(NCC)C(C)(C)N(CC)CC. The van der Waals surface area contributed by atoms with Crippen LogP contribution in [0.25, 0.3) is 0 Å². The smallest absolute Gasteiger partial charge is 0.0306 e. The molecule has 0 saturated carbocycles. The molecule has 102 valence electrons. The molecule has 2 nitrogen and oxygen atoms in total. The highest BCUT2D eigenvalue weighted by Gasteiger charge is 2.32. The van der Waals surface area contributed by atoms with E-state index in [1.807, 2.05) is 6.08 Å². The van der Waals surface area contributed by atoms with Crippen LogP contribution in [0, 0.1) is 0 Å². The molecule has 17 heavy (non-hydrogen) atoms. The van der Waals surface area contributed by atoms with Crippen molar-refractivity contribution < 1.29 is 0 Å². The van der Waals surface area contributed by atoms with Gasteiger partial charge in [-0.2, -0.15) is 0 Å². The van der Waals surface area contributed by atoms with Gasteiger partial charge in [0.05, 0.1) is 0 Å². The largest absolute Gasteiger partial charge is 0.312 e. The van der Waals surface area contributed by atoms with E-state index in [0.717, 1.165) is 26.1 Å². The van der Waals surface area contributed by atoms with Gasteiger partial charge in [0.2, 0.25) is 0 Å². The molecular formula is C15H32N2. The molecule has 0 rings (SSSR count). The Kier molecular flexibility index (Phi) is 8.53. The third-order valence-corrected chi connectivity index (χ3v) is 3.78. The van der Waals surface area contributed by atoms with E-state index in [2.05, 4.69) is 51.4 Å². The maximum absolute atomic E-state index is 3.80. The summed E-state index contributed by atoms with van der Waals surface area (Å²) in [5.41, 5.74) is 0.223. The molecule has 1 unspecified atom stereocenters. The van der Waals surface area contributed by atoms with Crippen molar-refractivity contribution in [3.05, 3.63) is 12.7 Å². The summed E-state index contributed by atoms with van der Waals surface area (Å²) in [6, 6.07) is 0.562. The average molecular weight is 240 g/mol. The van der Waals surface area contributed by atoms with Gasteiger partial charge in [-0.1, -0.05) is 26.8 Å². The van der Waals surface area contributed by atoms with Crippen LogP contribution in [0.15, 0.2) is 12.7 Å². The van der Waals surface area contributed by atoms with Crippen LogP contribution in [0.3, 0.4) is 0 Å². The Bertz CT molecular complexity index is 195. The van der Waals surface area contributed by atoms with Crippen LogP contribution in [-0.2, 0) is 0 Å². The Hall–Kier alpha value is -0.340. The quantitative estimate of drug-likeness (QED) is 0.465. The molecule has 1 N–H and O–H groups in total. The van der Waals surface area contributed by atoms with Gasteiger partial charge in [0.15, 0.2) is 0 Å². The van der Waals surface area contributed by atoms with Crippen LogP contribution < -0.4 is 5.32 Å². The monoisotopic (exact) mass is 240 g/mol. The molecule has 0 radical (unpaired) electrons. The lowest BCUT2D eigenvalue weighted by atomic mass is 9.88. The van der Waals surface area contributed by atoms with Crippen LogP contribution in [0.5, 0.6) is 0 Å². The highest BCUT2D eigenvalue weighted by molar-refractivity contribution is 4.93. The van der Waals surface area contributed by atoms with Gasteiger partial charge in [-0.15, -0.1) is 6.58 Å². The summed E-state index contributed by atoms with van der Waals surface area (Å²) >= 11 is 0. The first-order valence-electron chi connectivity index (χ1n) is 7.13. The molecule has 0 heterocycles. The average Bonchev–Trinajstić information content (AvgIpc) is 2.29. The highest BCUT2D eigenvalue weighted by atomic mass is 15.2. The van der Waals surface area contributed by atoms with Crippen LogP contribution in [0.4, 0.5) is 0 Å². The van der Waals surface area contributed by atoms with E-state index in [4.69, 9.17) is 0 Å². The molecule has 0 bridgehead atoms. The van der Waals surface area contributed by atoms with E-state index in [9.17, 15) is 0 Å². The van der Waals surface area contributed by atoms with Crippen molar-refractivity contribution in [2.45, 2.75) is 65.5 Å². The van der Waals surface area contributed by atoms with Gasteiger partial charge in [-0.3, -0.25) is 4.90 Å². The van der Waals surface area contributed by atoms with Crippen molar-refractivity contribution in [1.29, 1.82) is 0 Å². The second-order valence-corrected chi connectivity index (χ2v) is 5.16. The minimum absolute atomic E-state index is 0.223. The van der Waals surface area contributed by atoms with E-state index < -0.39 is 0 Å². The Labute approximate surface area is 108 Å². The van der Waals surface area contributed by atoms with Gasteiger partial charge >= 0.3 is 0 Å². The lowest BCUT2D eigenvalue weighted by molar-refractivity contribution is 0.0874. The first kappa shape index (κ1) is 16.7. The summed E-state index contributed by atoms with van der Waals surface area (Å²) in [5, 5.41) is 3.65. The Morgan fingerprint density at radius 2 is 1.82 bits per heavy atom. The van der Waals surface area contributed by atoms with Gasteiger partial charge in [-0.25, -0.2) is 0 Å². The highest BCUT2D eigenvalue weighted by Crippen LogP contribution is 2.22. The molecule has 0 aliphatic rings.